The van der Waals surface area contributed by atoms with Crippen LogP contribution in [0.15, 0.2) is 18.2 Å². The minimum Gasteiger partial charge on any atom is -0.492 e. The first-order valence-electron chi connectivity index (χ1n) is 5.03. The summed E-state index contributed by atoms with van der Waals surface area (Å²) in [5.41, 5.74) is 5.83. The predicted octanol–water partition coefficient (Wildman–Crippen LogP) is 1.93. The van der Waals surface area contributed by atoms with Gasteiger partial charge in [0.2, 0.25) is 5.91 Å². The lowest BCUT2D eigenvalue weighted by molar-refractivity contribution is -0.117. The summed E-state index contributed by atoms with van der Waals surface area (Å²) in [5.74, 6) is -0.452. The summed E-state index contributed by atoms with van der Waals surface area (Å²) in [6, 6.07) is 3.29. The molecule has 96 valence electrons. The second-order valence-corrected chi connectivity index (χ2v) is 3.35. The molecule has 1 rings (SSSR count). The van der Waals surface area contributed by atoms with Gasteiger partial charge in [-0.15, -0.1) is 12.4 Å². The van der Waals surface area contributed by atoms with Crippen LogP contribution in [-0.4, -0.2) is 18.6 Å². The molecule has 0 saturated heterocycles. The van der Waals surface area contributed by atoms with Gasteiger partial charge < -0.3 is 15.8 Å². The van der Waals surface area contributed by atoms with Crippen molar-refractivity contribution in [3.05, 3.63) is 24.0 Å². The number of carbonyl (C=O) groups excluding carboxylic acids is 1. The molecule has 6 heteroatoms. The van der Waals surface area contributed by atoms with Crippen molar-refractivity contribution in [2.45, 2.75) is 19.9 Å². The molecule has 0 spiro atoms. The van der Waals surface area contributed by atoms with Gasteiger partial charge in [0.25, 0.3) is 0 Å². The van der Waals surface area contributed by atoms with E-state index >= 15 is 0 Å². The highest BCUT2D eigenvalue weighted by Gasteiger charge is 2.11. The Balaban J connectivity index is 0.00000256. The summed E-state index contributed by atoms with van der Waals surface area (Å²) >= 11 is 0. The van der Waals surface area contributed by atoms with Crippen molar-refractivity contribution >= 4 is 24.0 Å². The van der Waals surface area contributed by atoms with Crippen molar-refractivity contribution in [2.24, 2.45) is 5.73 Å². The normalized spacial score (nSPS) is 11.3. The molecule has 4 nitrogen and oxygen atoms in total. The van der Waals surface area contributed by atoms with Crippen LogP contribution in [0.5, 0.6) is 5.75 Å². The van der Waals surface area contributed by atoms with Gasteiger partial charge in [0.05, 0.1) is 18.3 Å². The molecule has 0 unspecified atom stereocenters. The van der Waals surface area contributed by atoms with Gasteiger partial charge in [-0.25, -0.2) is 4.39 Å². The van der Waals surface area contributed by atoms with Crippen LogP contribution < -0.4 is 15.8 Å². The van der Waals surface area contributed by atoms with Gasteiger partial charge in [0.1, 0.15) is 11.6 Å². The van der Waals surface area contributed by atoms with Gasteiger partial charge in [0.15, 0.2) is 0 Å². The quantitative estimate of drug-likeness (QED) is 0.872. The number of amides is 1. The van der Waals surface area contributed by atoms with Crippen LogP contribution >= 0.6 is 12.4 Å². The monoisotopic (exact) mass is 262 g/mol. The highest BCUT2D eigenvalue weighted by molar-refractivity contribution is 5.95. The number of hydrogen-bond acceptors (Lipinski definition) is 3. The smallest absolute Gasteiger partial charge is 0.241 e. The lowest BCUT2D eigenvalue weighted by atomic mass is 10.2. The molecule has 1 atom stereocenters. The zero-order valence-electron chi connectivity index (χ0n) is 9.70. The number of hydrogen-bond donors (Lipinski definition) is 2. The van der Waals surface area contributed by atoms with Crippen LogP contribution in [0.25, 0.3) is 0 Å². The van der Waals surface area contributed by atoms with Gasteiger partial charge in [-0.3, -0.25) is 4.79 Å². The predicted molar refractivity (Wildman–Crippen MR) is 67.1 cm³/mol. The molecule has 1 aromatic rings. The third-order valence-electron chi connectivity index (χ3n) is 1.91. The first-order valence-corrected chi connectivity index (χ1v) is 5.03. The van der Waals surface area contributed by atoms with Crippen LogP contribution in [-0.2, 0) is 4.79 Å². The topological polar surface area (TPSA) is 64.3 Å². The molecule has 0 heterocycles. The van der Waals surface area contributed by atoms with Crippen LogP contribution in [0.1, 0.15) is 13.8 Å². The van der Waals surface area contributed by atoms with Crippen molar-refractivity contribution in [3.8, 4) is 5.75 Å². The van der Waals surface area contributed by atoms with E-state index < -0.39 is 11.9 Å². The minimum absolute atomic E-state index is 0. The SMILES string of the molecule is CCOc1cc(F)ccc1NC(=O)[C@@H](C)N.Cl. The number of ether oxygens (including phenoxy) is 1. The van der Waals surface area contributed by atoms with E-state index in [1.54, 1.807) is 13.8 Å². The molecule has 0 aliphatic rings. The van der Waals surface area contributed by atoms with Crippen LogP contribution in [0.2, 0.25) is 0 Å². The Labute approximate surface area is 106 Å². The Bertz CT molecular complexity index is 386. The number of anilines is 1. The number of halogens is 2. The standard InChI is InChI=1S/C11H15FN2O2.ClH/c1-3-16-10-6-8(12)4-5-9(10)14-11(15)7(2)13;/h4-7H,3,13H2,1-2H3,(H,14,15);1H/t7-;/m1./s1. The first-order chi connectivity index (χ1) is 7.54. The number of nitrogens with two attached hydrogens (primary N) is 1. The Morgan fingerprint density at radius 3 is 2.76 bits per heavy atom. The van der Waals surface area contributed by atoms with E-state index in [0.717, 1.165) is 0 Å². The Morgan fingerprint density at radius 1 is 1.59 bits per heavy atom. The van der Waals surface area contributed by atoms with Crippen molar-refractivity contribution in [1.82, 2.24) is 0 Å². The summed E-state index contributed by atoms with van der Waals surface area (Å²) in [7, 11) is 0. The Kier molecular flexibility index (Phi) is 6.53. The maximum Gasteiger partial charge on any atom is 0.241 e. The Morgan fingerprint density at radius 2 is 2.24 bits per heavy atom. The number of carbonyl (C=O) groups is 1. The van der Waals surface area contributed by atoms with Crippen LogP contribution in [0.3, 0.4) is 0 Å². The number of benzene rings is 1. The molecule has 1 amide bonds. The fourth-order valence-electron chi connectivity index (χ4n) is 1.12. The molecule has 17 heavy (non-hydrogen) atoms. The largest absolute Gasteiger partial charge is 0.492 e. The van der Waals surface area contributed by atoms with E-state index in [0.29, 0.717) is 18.0 Å². The minimum atomic E-state index is -0.625. The van der Waals surface area contributed by atoms with Crippen LogP contribution in [0.4, 0.5) is 10.1 Å². The fourth-order valence-corrected chi connectivity index (χ4v) is 1.12. The van der Waals surface area contributed by atoms with E-state index in [9.17, 15) is 9.18 Å². The summed E-state index contributed by atoms with van der Waals surface area (Å²) in [5, 5.41) is 2.57. The third-order valence-corrected chi connectivity index (χ3v) is 1.91. The lowest BCUT2D eigenvalue weighted by Crippen LogP contribution is -2.32. The fraction of sp³-hybridized carbons (Fsp3) is 0.364. The maximum atomic E-state index is 12.9. The van der Waals surface area contributed by atoms with E-state index in [4.69, 9.17) is 10.5 Å². The second-order valence-electron chi connectivity index (χ2n) is 3.35. The van der Waals surface area contributed by atoms with Gasteiger partial charge in [0, 0.05) is 6.07 Å². The molecule has 0 fully saturated rings. The molecule has 1 aromatic carbocycles. The van der Waals surface area contributed by atoms with E-state index in [1.807, 2.05) is 0 Å². The van der Waals surface area contributed by atoms with Crippen molar-refractivity contribution in [1.29, 1.82) is 0 Å². The van der Waals surface area contributed by atoms with Gasteiger partial charge in [-0.1, -0.05) is 0 Å². The zero-order chi connectivity index (χ0) is 12.1. The average Bonchev–Trinajstić information content (AvgIpc) is 2.22. The molecule has 0 aliphatic heterocycles. The second kappa shape index (κ2) is 7.09. The molecule has 0 bridgehead atoms. The van der Waals surface area contributed by atoms with E-state index in [2.05, 4.69) is 5.32 Å². The zero-order valence-corrected chi connectivity index (χ0v) is 10.5. The first kappa shape index (κ1) is 15.7. The number of rotatable bonds is 4. The van der Waals surface area contributed by atoms with Gasteiger partial charge >= 0.3 is 0 Å². The van der Waals surface area contributed by atoms with Gasteiger partial charge in [-0.2, -0.15) is 0 Å². The molecule has 3 N–H and O–H groups in total. The number of nitrogens with one attached hydrogen (secondary N) is 1. The van der Waals surface area contributed by atoms with Gasteiger partial charge in [-0.05, 0) is 26.0 Å². The summed E-state index contributed by atoms with van der Waals surface area (Å²) in [6.45, 7) is 3.74. The highest BCUT2D eigenvalue weighted by Crippen LogP contribution is 2.25. The molecule has 0 radical (unpaired) electrons. The molecular formula is C11H16ClFN2O2. The Hall–Kier alpha value is -1.33. The summed E-state index contributed by atoms with van der Waals surface area (Å²) in [4.78, 5) is 11.4. The maximum absolute atomic E-state index is 12.9. The van der Waals surface area contributed by atoms with Crippen molar-refractivity contribution in [3.63, 3.8) is 0 Å². The van der Waals surface area contributed by atoms with Crippen LogP contribution in [0, 0.1) is 5.82 Å². The summed E-state index contributed by atoms with van der Waals surface area (Å²) in [6.07, 6.45) is 0. The summed E-state index contributed by atoms with van der Waals surface area (Å²) < 4.78 is 18.2. The van der Waals surface area contributed by atoms with Crippen molar-refractivity contribution < 1.29 is 13.9 Å². The highest BCUT2D eigenvalue weighted by atomic mass is 35.5. The van der Waals surface area contributed by atoms with E-state index in [-0.39, 0.29) is 18.3 Å². The molecule has 0 aromatic heterocycles. The molecule has 0 saturated carbocycles. The molecular weight excluding hydrogens is 247 g/mol. The third kappa shape index (κ3) is 4.58. The van der Waals surface area contributed by atoms with Crippen molar-refractivity contribution in [2.75, 3.05) is 11.9 Å². The van der Waals surface area contributed by atoms with E-state index in [1.165, 1.54) is 18.2 Å². The lowest BCUT2D eigenvalue weighted by Gasteiger charge is -2.12. The molecule has 0 aliphatic carbocycles. The average molecular weight is 263 g/mol.